The Kier molecular flexibility index (Phi) is 2.68. The van der Waals surface area contributed by atoms with E-state index in [0.717, 1.165) is 38.5 Å². The SMILES string of the molecule is CC1CC1NC(=O)C1(C#N)CCCCC1. The summed E-state index contributed by atoms with van der Waals surface area (Å²) in [5, 5.41) is 12.2. The van der Waals surface area contributed by atoms with Crippen molar-refractivity contribution >= 4 is 5.91 Å². The van der Waals surface area contributed by atoms with Gasteiger partial charge in [-0.25, -0.2) is 0 Å². The van der Waals surface area contributed by atoms with Gasteiger partial charge < -0.3 is 5.32 Å². The van der Waals surface area contributed by atoms with Crippen LogP contribution in [0.25, 0.3) is 0 Å². The van der Waals surface area contributed by atoms with Gasteiger partial charge in [0.15, 0.2) is 0 Å². The van der Waals surface area contributed by atoms with E-state index in [1.54, 1.807) is 0 Å². The molecular formula is C12H18N2O. The van der Waals surface area contributed by atoms with Crippen molar-refractivity contribution in [3.8, 4) is 6.07 Å². The predicted molar refractivity (Wildman–Crippen MR) is 56.8 cm³/mol. The quantitative estimate of drug-likeness (QED) is 0.751. The molecule has 0 spiro atoms. The summed E-state index contributed by atoms with van der Waals surface area (Å²) < 4.78 is 0. The standard InChI is InChI=1S/C12H18N2O/c1-9-7-10(9)14-11(15)12(8-13)5-3-2-4-6-12/h9-10H,2-7H2,1H3,(H,14,15). The van der Waals surface area contributed by atoms with Crippen LogP contribution in [0.2, 0.25) is 0 Å². The second kappa shape index (κ2) is 3.84. The highest BCUT2D eigenvalue weighted by atomic mass is 16.2. The van der Waals surface area contributed by atoms with Gasteiger partial charge in [-0.2, -0.15) is 5.26 Å². The Hall–Kier alpha value is -1.04. The van der Waals surface area contributed by atoms with Crippen LogP contribution in [0.1, 0.15) is 45.4 Å². The number of carbonyl (C=O) groups excluding carboxylic acids is 1. The minimum absolute atomic E-state index is 0.0148. The van der Waals surface area contributed by atoms with E-state index in [9.17, 15) is 10.1 Å². The Labute approximate surface area is 90.8 Å². The van der Waals surface area contributed by atoms with Gasteiger partial charge in [-0.3, -0.25) is 4.79 Å². The van der Waals surface area contributed by atoms with Crippen molar-refractivity contribution in [3.05, 3.63) is 0 Å². The van der Waals surface area contributed by atoms with Gasteiger partial charge in [0, 0.05) is 6.04 Å². The van der Waals surface area contributed by atoms with Crippen LogP contribution >= 0.6 is 0 Å². The number of rotatable bonds is 2. The van der Waals surface area contributed by atoms with E-state index < -0.39 is 5.41 Å². The minimum atomic E-state index is -0.708. The van der Waals surface area contributed by atoms with E-state index in [1.807, 2.05) is 0 Å². The lowest BCUT2D eigenvalue weighted by atomic mass is 9.74. The molecule has 0 aromatic carbocycles. The average Bonchev–Trinajstić information content (AvgIpc) is 2.95. The van der Waals surface area contributed by atoms with Crippen molar-refractivity contribution < 1.29 is 4.79 Å². The van der Waals surface area contributed by atoms with Crippen molar-refractivity contribution in [2.45, 2.75) is 51.5 Å². The second-order valence-corrected chi connectivity index (χ2v) is 5.05. The maximum atomic E-state index is 12.0. The monoisotopic (exact) mass is 206 g/mol. The lowest BCUT2D eigenvalue weighted by molar-refractivity contribution is -0.129. The number of amides is 1. The van der Waals surface area contributed by atoms with Crippen LogP contribution in [0, 0.1) is 22.7 Å². The zero-order valence-electron chi connectivity index (χ0n) is 9.25. The summed E-state index contributed by atoms with van der Waals surface area (Å²) in [6.07, 6.45) is 5.76. The van der Waals surface area contributed by atoms with Gasteiger partial charge in [0.2, 0.25) is 5.91 Å². The molecule has 2 saturated carbocycles. The molecule has 2 fully saturated rings. The van der Waals surface area contributed by atoms with E-state index in [1.165, 1.54) is 0 Å². The number of nitrogens with one attached hydrogen (secondary N) is 1. The lowest BCUT2D eigenvalue weighted by Crippen LogP contribution is -2.42. The van der Waals surface area contributed by atoms with E-state index in [-0.39, 0.29) is 5.91 Å². The van der Waals surface area contributed by atoms with Crippen molar-refractivity contribution in [2.75, 3.05) is 0 Å². The highest BCUT2D eigenvalue weighted by Crippen LogP contribution is 2.37. The summed E-state index contributed by atoms with van der Waals surface area (Å²) >= 11 is 0. The van der Waals surface area contributed by atoms with E-state index in [2.05, 4.69) is 18.3 Å². The van der Waals surface area contributed by atoms with Crippen LogP contribution < -0.4 is 5.32 Å². The van der Waals surface area contributed by atoms with Crippen molar-refractivity contribution in [3.63, 3.8) is 0 Å². The average molecular weight is 206 g/mol. The molecule has 0 aromatic heterocycles. The van der Waals surface area contributed by atoms with Crippen LogP contribution in [0.15, 0.2) is 0 Å². The first-order valence-corrected chi connectivity index (χ1v) is 5.90. The van der Waals surface area contributed by atoms with Crippen molar-refractivity contribution in [1.29, 1.82) is 5.26 Å². The van der Waals surface area contributed by atoms with Crippen LogP contribution in [-0.4, -0.2) is 11.9 Å². The Balaban J connectivity index is 1.98. The molecule has 2 aliphatic carbocycles. The molecular weight excluding hydrogens is 188 g/mol. The number of nitriles is 1. The van der Waals surface area contributed by atoms with Crippen molar-refractivity contribution in [1.82, 2.24) is 5.32 Å². The van der Waals surface area contributed by atoms with Gasteiger partial charge in [0.05, 0.1) is 6.07 Å². The maximum absolute atomic E-state index is 12.0. The summed E-state index contributed by atoms with van der Waals surface area (Å²) in [5.74, 6) is 0.590. The van der Waals surface area contributed by atoms with Crippen LogP contribution in [0.4, 0.5) is 0 Å². The van der Waals surface area contributed by atoms with Gasteiger partial charge in [-0.15, -0.1) is 0 Å². The molecule has 1 N–H and O–H groups in total. The Morgan fingerprint density at radius 2 is 2.00 bits per heavy atom. The molecule has 0 heterocycles. The molecule has 3 heteroatoms. The molecule has 0 bridgehead atoms. The fourth-order valence-corrected chi connectivity index (χ4v) is 2.37. The van der Waals surface area contributed by atoms with Crippen LogP contribution in [-0.2, 0) is 4.79 Å². The summed E-state index contributed by atoms with van der Waals surface area (Å²) in [6, 6.07) is 2.59. The lowest BCUT2D eigenvalue weighted by Gasteiger charge is -2.29. The van der Waals surface area contributed by atoms with Crippen molar-refractivity contribution in [2.24, 2.45) is 11.3 Å². The highest BCUT2D eigenvalue weighted by molar-refractivity contribution is 5.86. The summed E-state index contributed by atoms with van der Waals surface area (Å²) in [6.45, 7) is 2.13. The first-order valence-electron chi connectivity index (χ1n) is 5.90. The minimum Gasteiger partial charge on any atom is -0.352 e. The largest absolute Gasteiger partial charge is 0.352 e. The molecule has 82 valence electrons. The molecule has 0 aliphatic heterocycles. The first-order chi connectivity index (χ1) is 7.18. The maximum Gasteiger partial charge on any atom is 0.240 e. The van der Waals surface area contributed by atoms with E-state index >= 15 is 0 Å². The summed E-state index contributed by atoms with van der Waals surface area (Å²) in [4.78, 5) is 12.0. The molecule has 3 nitrogen and oxygen atoms in total. The second-order valence-electron chi connectivity index (χ2n) is 5.05. The van der Waals surface area contributed by atoms with E-state index in [0.29, 0.717) is 12.0 Å². The predicted octanol–water partition coefficient (Wildman–Crippen LogP) is 1.99. The van der Waals surface area contributed by atoms with Gasteiger partial charge in [-0.1, -0.05) is 26.2 Å². The topological polar surface area (TPSA) is 52.9 Å². The fraction of sp³-hybridized carbons (Fsp3) is 0.833. The zero-order valence-corrected chi connectivity index (χ0v) is 9.25. The normalized spacial score (nSPS) is 32.8. The molecule has 1 amide bonds. The molecule has 2 aliphatic rings. The number of carbonyl (C=O) groups is 1. The Morgan fingerprint density at radius 1 is 1.40 bits per heavy atom. The first kappa shape index (κ1) is 10.5. The van der Waals surface area contributed by atoms with Crippen LogP contribution in [0.5, 0.6) is 0 Å². The Bertz CT molecular complexity index is 299. The molecule has 2 rings (SSSR count). The fourth-order valence-electron chi connectivity index (χ4n) is 2.37. The van der Waals surface area contributed by atoms with E-state index in [4.69, 9.17) is 0 Å². The highest BCUT2D eigenvalue weighted by Gasteiger charge is 2.43. The molecule has 0 aromatic rings. The van der Waals surface area contributed by atoms with Gasteiger partial charge in [0.25, 0.3) is 0 Å². The van der Waals surface area contributed by atoms with Gasteiger partial charge in [-0.05, 0) is 25.2 Å². The zero-order chi connectivity index (χ0) is 10.9. The number of hydrogen-bond acceptors (Lipinski definition) is 2. The molecule has 0 radical (unpaired) electrons. The summed E-state index contributed by atoms with van der Waals surface area (Å²) in [7, 11) is 0. The molecule has 0 saturated heterocycles. The van der Waals surface area contributed by atoms with Gasteiger partial charge >= 0.3 is 0 Å². The Morgan fingerprint density at radius 3 is 2.47 bits per heavy atom. The smallest absolute Gasteiger partial charge is 0.240 e. The van der Waals surface area contributed by atoms with Gasteiger partial charge in [0.1, 0.15) is 5.41 Å². The van der Waals surface area contributed by atoms with Crippen LogP contribution in [0.3, 0.4) is 0 Å². The third kappa shape index (κ3) is 1.99. The molecule has 15 heavy (non-hydrogen) atoms. The summed E-state index contributed by atoms with van der Waals surface area (Å²) in [5.41, 5.74) is -0.708. The molecule has 2 unspecified atom stereocenters. The number of nitrogens with zero attached hydrogens (tertiary/aromatic N) is 1. The number of hydrogen-bond donors (Lipinski definition) is 1. The third-order valence-electron chi connectivity index (χ3n) is 3.78. The third-order valence-corrected chi connectivity index (χ3v) is 3.78. The molecule has 2 atom stereocenters.